The standard InChI is InChI=1S/C7H4O4S/c8-2-3-1-4-5(9)6(10)11-7(4)12-3/h1-2,6,10H. The summed E-state index contributed by atoms with van der Waals surface area (Å²) in [5.41, 5.74) is 0.301. The fourth-order valence-corrected chi connectivity index (χ4v) is 1.85. The lowest BCUT2D eigenvalue weighted by Gasteiger charge is -1.97. The van der Waals surface area contributed by atoms with Gasteiger partial charge in [0, 0.05) is 0 Å². The number of Topliss-reactive ketones (excluding diaryl/α,β-unsaturated/α-hetero) is 1. The van der Waals surface area contributed by atoms with E-state index in [4.69, 9.17) is 9.84 Å². The van der Waals surface area contributed by atoms with Gasteiger partial charge in [-0.05, 0) is 6.07 Å². The number of aldehydes is 1. The number of carbonyl (C=O) groups excluding carboxylic acids is 2. The lowest BCUT2D eigenvalue weighted by molar-refractivity contribution is 0.0102. The van der Waals surface area contributed by atoms with Crippen LogP contribution in [0.3, 0.4) is 0 Å². The number of thiophene rings is 1. The van der Waals surface area contributed by atoms with Crippen LogP contribution in [0.25, 0.3) is 0 Å². The van der Waals surface area contributed by atoms with Gasteiger partial charge in [0.2, 0.25) is 5.78 Å². The van der Waals surface area contributed by atoms with Gasteiger partial charge in [-0.2, -0.15) is 0 Å². The molecular weight excluding hydrogens is 180 g/mol. The monoisotopic (exact) mass is 184 g/mol. The van der Waals surface area contributed by atoms with E-state index in [0.717, 1.165) is 11.3 Å². The van der Waals surface area contributed by atoms with E-state index in [1.165, 1.54) is 6.07 Å². The van der Waals surface area contributed by atoms with Crippen molar-refractivity contribution in [3.05, 3.63) is 16.5 Å². The Morgan fingerprint density at radius 1 is 1.67 bits per heavy atom. The van der Waals surface area contributed by atoms with Gasteiger partial charge >= 0.3 is 0 Å². The first kappa shape index (κ1) is 7.45. The van der Waals surface area contributed by atoms with E-state index in [9.17, 15) is 9.59 Å². The Morgan fingerprint density at radius 3 is 3.00 bits per heavy atom. The summed E-state index contributed by atoms with van der Waals surface area (Å²) in [4.78, 5) is 21.8. The molecule has 1 aromatic heterocycles. The van der Waals surface area contributed by atoms with Crippen molar-refractivity contribution in [2.24, 2.45) is 0 Å². The number of carbonyl (C=O) groups is 2. The number of rotatable bonds is 1. The van der Waals surface area contributed by atoms with Gasteiger partial charge in [0.05, 0.1) is 10.4 Å². The average molecular weight is 184 g/mol. The minimum Gasteiger partial charge on any atom is -0.447 e. The van der Waals surface area contributed by atoms with Gasteiger partial charge in [-0.15, -0.1) is 0 Å². The van der Waals surface area contributed by atoms with E-state index in [1.54, 1.807) is 0 Å². The van der Waals surface area contributed by atoms with E-state index >= 15 is 0 Å². The third-order valence-corrected chi connectivity index (χ3v) is 2.49. The molecule has 0 amide bonds. The molecule has 0 saturated carbocycles. The van der Waals surface area contributed by atoms with Crippen molar-refractivity contribution in [3.63, 3.8) is 0 Å². The van der Waals surface area contributed by atoms with Gasteiger partial charge in [-0.1, -0.05) is 11.3 Å². The van der Waals surface area contributed by atoms with Crippen molar-refractivity contribution in [3.8, 4) is 5.06 Å². The zero-order valence-electron chi connectivity index (χ0n) is 5.81. The van der Waals surface area contributed by atoms with Crippen LogP contribution >= 0.6 is 11.3 Å². The Labute approximate surface area is 71.4 Å². The van der Waals surface area contributed by atoms with Gasteiger partial charge < -0.3 is 9.84 Å². The highest BCUT2D eigenvalue weighted by Crippen LogP contribution is 2.35. The normalized spacial score (nSPS) is 20.4. The molecule has 1 unspecified atom stereocenters. The highest BCUT2D eigenvalue weighted by atomic mass is 32.1. The number of hydrogen-bond acceptors (Lipinski definition) is 5. The van der Waals surface area contributed by atoms with Crippen molar-refractivity contribution in [1.29, 1.82) is 0 Å². The molecule has 1 N–H and O–H groups in total. The topological polar surface area (TPSA) is 63.6 Å². The first-order chi connectivity index (χ1) is 5.72. The third kappa shape index (κ3) is 0.870. The SMILES string of the molecule is O=Cc1cc2c(s1)OC(O)C2=O. The Balaban J connectivity index is 2.49. The molecule has 4 nitrogen and oxygen atoms in total. The predicted octanol–water partition coefficient (Wildman–Crippen LogP) is 0.454. The molecule has 2 heterocycles. The molecule has 62 valence electrons. The summed E-state index contributed by atoms with van der Waals surface area (Å²) in [6.45, 7) is 0. The van der Waals surface area contributed by atoms with Gasteiger partial charge in [0.1, 0.15) is 0 Å². The zero-order chi connectivity index (χ0) is 8.72. The first-order valence-electron chi connectivity index (χ1n) is 3.20. The second-order valence-electron chi connectivity index (χ2n) is 2.30. The number of hydrogen-bond donors (Lipinski definition) is 1. The maximum atomic E-state index is 11.0. The summed E-state index contributed by atoms with van der Waals surface area (Å²) in [5.74, 6) is -0.477. The second kappa shape index (κ2) is 2.40. The molecule has 0 radical (unpaired) electrons. The van der Waals surface area contributed by atoms with E-state index in [-0.39, 0.29) is 0 Å². The zero-order valence-corrected chi connectivity index (χ0v) is 6.63. The van der Waals surface area contributed by atoms with E-state index in [0.29, 0.717) is 21.8 Å². The number of aliphatic hydroxyl groups excluding tert-OH is 1. The second-order valence-corrected chi connectivity index (χ2v) is 3.35. The molecule has 0 saturated heterocycles. The summed E-state index contributed by atoms with van der Waals surface area (Å²) >= 11 is 1.06. The van der Waals surface area contributed by atoms with Gasteiger partial charge in [-0.25, -0.2) is 0 Å². The molecule has 2 rings (SSSR count). The third-order valence-electron chi connectivity index (χ3n) is 1.54. The summed E-state index contributed by atoms with van der Waals surface area (Å²) < 4.78 is 4.77. The maximum Gasteiger partial charge on any atom is 0.263 e. The molecule has 0 spiro atoms. The number of ketones is 1. The van der Waals surface area contributed by atoms with Crippen LogP contribution in [0.5, 0.6) is 5.06 Å². The van der Waals surface area contributed by atoms with Gasteiger partial charge in [-0.3, -0.25) is 9.59 Å². The molecule has 0 fully saturated rings. The van der Waals surface area contributed by atoms with Crippen molar-refractivity contribution < 1.29 is 19.4 Å². The minimum absolute atomic E-state index is 0.301. The molecule has 1 atom stereocenters. The molecule has 5 heteroatoms. The van der Waals surface area contributed by atoms with E-state index in [1.807, 2.05) is 0 Å². The van der Waals surface area contributed by atoms with Gasteiger partial charge in [0.15, 0.2) is 11.3 Å². The van der Waals surface area contributed by atoms with Crippen LogP contribution in [-0.2, 0) is 0 Å². The van der Waals surface area contributed by atoms with Crippen LogP contribution in [0.2, 0.25) is 0 Å². The van der Waals surface area contributed by atoms with Crippen LogP contribution in [0, 0.1) is 0 Å². The van der Waals surface area contributed by atoms with E-state index in [2.05, 4.69) is 0 Å². The Morgan fingerprint density at radius 2 is 2.42 bits per heavy atom. The molecule has 0 bridgehead atoms. The minimum atomic E-state index is -1.38. The van der Waals surface area contributed by atoms with Crippen LogP contribution in [0.1, 0.15) is 20.0 Å². The van der Waals surface area contributed by atoms with Crippen LogP contribution in [0.4, 0.5) is 0 Å². The first-order valence-corrected chi connectivity index (χ1v) is 4.02. The lowest BCUT2D eigenvalue weighted by atomic mass is 10.2. The Hall–Kier alpha value is -1.20. The van der Waals surface area contributed by atoms with Crippen molar-refractivity contribution in [2.45, 2.75) is 6.29 Å². The fraction of sp³-hybridized carbons (Fsp3) is 0.143. The molecule has 0 aromatic carbocycles. The van der Waals surface area contributed by atoms with Crippen LogP contribution in [-0.4, -0.2) is 23.5 Å². The number of aliphatic hydroxyl groups is 1. The largest absolute Gasteiger partial charge is 0.447 e. The Bertz CT molecular complexity index is 354. The lowest BCUT2D eigenvalue weighted by Crippen LogP contribution is -2.18. The Kier molecular flexibility index (Phi) is 1.49. The number of ether oxygens (including phenoxy) is 1. The summed E-state index contributed by atoms with van der Waals surface area (Å²) in [6.07, 6.45) is -0.738. The number of fused-ring (bicyclic) bond motifs is 1. The summed E-state index contributed by atoms with van der Waals surface area (Å²) in [7, 11) is 0. The summed E-state index contributed by atoms with van der Waals surface area (Å²) in [5, 5.41) is 9.25. The summed E-state index contributed by atoms with van der Waals surface area (Å²) in [6, 6.07) is 1.42. The van der Waals surface area contributed by atoms with Crippen molar-refractivity contribution in [2.75, 3.05) is 0 Å². The average Bonchev–Trinajstić information content (AvgIpc) is 2.55. The van der Waals surface area contributed by atoms with Crippen LogP contribution < -0.4 is 4.74 Å². The molecule has 1 aliphatic heterocycles. The smallest absolute Gasteiger partial charge is 0.263 e. The molecule has 12 heavy (non-hydrogen) atoms. The van der Waals surface area contributed by atoms with Crippen molar-refractivity contribution >= 4 is 23.4 Å². The van der Waals surface area contributed by atoms with Crippen LogP contribution in [0.15, 0.2) is 6.07 Å². The highest BCUT2D eigenvalue weighted by molar-refractivity contribution is 7.16. The molecule has 0 aliphatic carbocycles. The maximum absolute atomic E-state index is 11.0. The van der Waals surface area contributed by atoms with Gasteiger partial charge in [0.25, 0.3) is 6.29 Å². The van der Waals surface area contributed by atoms with Crippen molar-refractivity contribution in [1.82, 2.24) is 0 Å². The quantitative estimate of drug-likeness (QED) is 0.644. The molecular formula is C7H4O4S. The predicted molar refractivity (Wildman–Crippen MR) is 40.7 cm³/mol. The molecule has 1 aromatic rings. The van der Waals surface area contributed by atoms with E-state index < -0.39 is 12.1 Å². The highest BCUT2D eigenvalue weighted by Gasteiger charge is 2.32. The molecule has 1 aliphatic rings. The fourth-order valence-electron chi connectivity index (χ4n) is 0.998.